The van der Waals surface area contributed by atoms with Crippen LogP contribution in [-0.2, 0) is 13.2 Å². The minimum atomic E-state index is -0.0779. The lowest BCUT2D eigenvalue weighted by atomic mass is 10.1. The van der Waals surface area contributed by atoms with E-state index in [9.17, 15) is 4.79 Å². The molecule has 0 unspecified atom stereocenters. The monoisotopic (exact) mass is 455 g/mol. The van der Waals surface area contributed by atoms with E-state index in [1.165, 1.54) is 0 Å². The van der Waals surface area contributed by atoms with E-state index in [4.69, 9.17) is 18.9 Å². The third-order valence-electron chi connectivity index (χ3n) is 4.93. The molecule has 0 radical (unpaired) electrons. The Morgan fingerprint density at radius 1 is 0.906 bits per heavy atom. The quantitative estimate of drug-likeness (QED) is 0.387. The average Bonchev–Trinajstić information content (AvgIpc) is 3.35. The molecule has 2 aromatic carbocycles. The predicted octanol–water partition coefficient (Wildman–Crippen LogP) is 5.41. The minimum Gasteiger partial charge on any atom is -0.493 e. The summed E-state index contributed by atoms with van der Waals surface area (Å²) >= 11 is 1.65. The molecule has 3 rings (SSSR count). The molecular formula is C25H29NO5S. The van der Waals surface area contributed by atoms with Crippen LogP contribution in [0.1, 0.15) is 34.6 Å². The van der Waals surface area contributed by atoms with Crippen LogP contribution < -0.4 is 18.9 Å². The minimum absolute atomic E-state index is 0.0779. The third-order valence-corrected chi connectivity index (χ3v) is 5.78. The summed E-state index contributed by atoms with van der Waals surface area (Å²) in [4.78, 5) is 16.1. The van der Waals surface area contributed by atoms with Crippen LogP contribution in [-0.4, -0.2) is 38.2 Å². The second-order valence-corrected chi connectivity index (χ2v) is 8.00. The fourth-order valence-electron chi connectivity index (χ4n) is 3.28. The summed E-state index contributed by atoms with van der Waals surface area (Å²) in [6, 6.07) is 15.1. The van der Waals surface area contributed by atoms with Gasteiger partial charge in [-0.15, -0.1) is 11.3 Å². The van der Waals surface area contributed by atoms with Crippen molar-refractivity contribution in [2.45, 2.75) is 27.0 Å². The van der Waals surface area contributed by atoms with Gasteiger partial charge >= 0.3 is 0 Å². The number of hydrogen-bond acceptors (Lipinski definition) is 6. The van der Waals surface area contributed by atoms with Crippen molar-refractivity contribution in [2.24, 2.45) is 0 Å². The molecule has 7 heteroatoms. The van der Waals surface area contributed by atoms with Crippen molar-refractivity contribution < 1.29 is 23.7 Å². The van der Waals surface area contributed by atoms with Crippen molar-refractivity contribution in [3.8, 4) is 23.0 Å². The van der Waals surface area contributed by atoms with Crippen LogP contribution in [0.5, 0.6) is 23.0 Å². The second-order valence-electron chi connectivity index (χ2n) is 6.97. The number of hydrogen-bond donors (Lipinski definition) is 0. The molecule has 0 bridgehead atoms. The number of carbonyl (C=O) groups is 1. The average molecular weight is 456 g/mol. The number of ether oxygens (including phenoxy) is 4. The van der Waals surface area contributed by atoms with E-state index in [2.05, 4.69) is 0 Å². The number of benzene rings is 2. The van der Waals surface area contributed by atoms with Crippen molar-refractivity contribution in [2.75, 3.05) is 27.4 Å². The zero-order chi connectivity index (χ0) is 22.9. The highest BCUT2D eigenvalue weighted by atomic mass is 32.1. The number of nitrogens with zero attached hydrogens (tertiary/aromatic N) is 1. The van der Waals surface area contributed by atoms with Crippen molar-refractivity contribution in [3.05, 3.63) is 69.9 Å². The lowest BCUT2D eigenvalue weighted by Crippen LogP contribution is -2.30. The molecule has 0 saturated carbocycles. The molecule has 6 nitrogen and oxygen atoms in total. The Hall–Kier alpha value is -3.19. The number of thiophene rings is 1. The lowest BCUT2D eigenvalue weighted by molar-refractivity contribution is 0.0752. The smallest absolute Gasteiger partial charge is 0.254 e. The zero-order valence-corrected chi connectivity index (χ0v) is 19.7. The first-order valence-electron chi connectivity index (χ1n) is 10.5. The molecule has 0 saturated heterocycles. The molecule has 1 amide bonds. The third kappa shape index (κ3) is 5.73. The van der Waals surface area contributed by atoms with E-state index in [1.807, 2.05) is 49.6 Å². The van der Waals surface area contributed by atoms with Gasteiger partial charge in [-0.05, 0) is 61.2 Å². The molecule has 3 aromatic rings. The highest BCUT2D eigenvalue weighted by Gasteiger charge is 2.18. The largest absolute Gasteiger partial charge is 0.493 e. The molecular weight excluding hydrogens is 426 g/mol. The van der Waals surface area contributed by atoms with E-state index in [0.717, 1.165) is 10.4 Å². The van der Waals surface area contributed by atoms with Gasteiger partial charge in [0.25, 0.3) is 5.91 Å². The predicted molar refractivity (Wildman–Crippen MR) is 126 cm³/mol. The van der Waals surface area contributed by atoms with Crippen LogP contribution in [0.15, 0.2) is 53.9 Å². The summed E-state index contributed by atoms with van der Waals surface area (Å²) in [5, 5.41) is 2.02. The maximum atomic E-state index is 13.1. The second kappa shape index (κ2) is 11.4. The van der Waals surface area contributed by atoms with E-state index in [0.29, 0.717) is 54.9 Å². The Labute approximate surface area is 193 Å². The van der Waals surface area contributed by atoms with E-state index in [1.54, 1.807) is 48.7 Å². The van der Waals surface area contributed by atoms with Crippen LogP contribution in [0.4, 0.5) is 0 Å². The summed E-state index contributed by atoms with van der Waals surface area (Å²) in [5.74, 6) is 2.41. The summed E-state index contributed by atoms with van der Waals surface area (Å²) in [5.41, 5.74) is 1.51. The number of carbonyl (C=O) groups excluding carboxylic acids is 1. The van der Waals surface area contributed by atoms with Crippen molar-refractivity contribution >= 4 is 17.2 Å². The van der Waals surface area contributed by atoms with Crippen LogP contribution in [0.3, 0.4) is 0 Å². The van der Waals surface area contributed by atoms with Gasteiger partial charge in [0.05, 0.1) is 20.8 Å². The Balaban J connectivity index is 1.73. The fourth-order valence-corrected chi connectivity index (χ4v) is 3.89. The molecule has 0 aliphatic rings. The van der Waals surface area contributed by atoms with Gasteiger partial charge in [-0.3, -0.25) is 4.79 Å². The highest BCUT2D eigenvalue weighted by molar-refractivity contribution is 7.09. The summed E-state index contributed by atoms with van der Waals surface area (Å²) in [6.45, 7) is 5.90. The van der Waals surface area contributed by atoms with Gasteiger partial charge in [-0.2, -0.15) is 0 Å². The molecule has 170 valence electrons. The van der Waals surface area contributed by atoms with Gasteiger partial charge in [0.1, 0.15) is 6.61 Å². The van der Waals surface area contributed by atoms with Gasteiger partial charge in [0.2, 0.25) is 0 Å². The van der Waals surface area contributed by atoms with Gasteiger partial charge in [-0.25, -0.2) is 0 Å². The molecule has 0 aliphatic heterocycles. The zero-order valence-electron chi connectivity index (χ0n) is 18.9. The number of rotatable bonds is 11. The van der Waals surface area contributed by atoms with E-state index < -0.39 is 0 Å². The topological polar surface area (TPSA) is 57.2 Å². The normalized spacial score (nSPS) is 10.5. The summed E-state index contributed by atoms with van der Waals surface area (Å²) in [7, 11) is 3.18. The van der Waals surface area contributed by atoms with Crippen molar-refractivity contribution in [3.63, 3.8) is 0 Å². The lowest BCUT2D eigenvalue weighted by Gasteiger charge is -2.22. The van der Waals surface area contributed by atoms with E-state index >= 15 is 0 Å². The first-order chi connectivity index (χ1) is 15.6. The molecule has 0 aliphatic carbocycles. The maximum Gasteiger partial charge on any atom is 0.254 e. The molecule has 0 fully saturated rings. The van der Waals surface area contributed by atoms with Crippen LogP contribution in [0, 0.1) is 0 Å². The van der Waals surface area contributed by atoms with Crippen LogP contribution in [0.2, 0.25) is 0 Å². The summed E-state index contributed by atoms with van der Waals surface area (Å²) in [6.07, 6.45) is 0. The Morgan fingerprint density at radius 3 is 2.28 bits per heavy atom. The van der Waals surface area contributed by atoms with Gasteiger partial charge in [0.15, 0.2) is 23.0 Å². The molecule has 32 heavy (non-hydrogen) atoms. The number of methoxy groups -OCH3 is 2. The van der Waals surface area contributed by atoms with Gasteiger partial charge in [-0.1, -0.05) is 12.1 Å². The van der Waals surface area contributed by atoms with Crippen molar-refractivity contribution in [1.29, 1.82) is 0 Å². The van der Waals surface area contributed by atoms with Crippen molar-refractivity contribution in [1.82, 2.24) is 4.90 Å². The maximum absolute atomic E-state index is 13.1. The van der Waals surface area contributed by atoms with Gasteiger partial charge in [0, 0.05) is 23.5 Å². The first kappa shape index (κ1) is 23.5. The molecule has 0 N–H and O–H groups in total. The van der Waals surface area contributed by atoms with Gasteiger partial charge < -0.3 is 23.8 Å². The molecule has 0 atom stereocenters. The van der Waals surface area contributed by atoms with E-state index in [-0.39, 0.29) is 5.91 Å². The fraction of sp³-hybridized carbons (Fsp3) is 0.320. The van der Waals surface area contributed by atoms with Crippen LogP contribution in [0.25, 0.3) is 0 Å². The SMILES string of the molecule is CCOc1ccc(C(=O)N(CC)Cc2ccc(OCc3cccs3)c(OC)c2)cc1OC. The summed E-state index contributed by atoms with van der Waals surface area (Å²) < 4.78 is 22.4. The Kier molecular flexibility index (Phi) is 8.39. The molecule has 1 heterocycles. The highest BCUT2D eigenvalue weighted by Crippen LogP contribution is 2.31. The standard InChI is InChI=1S/C25H29NO5S/c1-5-26(25(27)19-10-12-21(30-6-2)24(15-19)29-4)16-18-9-11-22(23(14-18)28-3)31-17-20-8-7-13-32-20/h7-15H,5-6,16-17H2,1-4H3. The molecule has 1 aromatic heterocycles. The first-order valence-corrected chi connectivity index (χ1v) is 11.4. The molecule has 0 spiro atoms. The Bertz CT molecular complexity index is 1020. The van der Waals surface area contributed by atoms with Crippen LogP contribution >= 0.6 is 11.3 Å². The number of amides is 1. The Morgan fingerprint density at radius 2 is 1.62 bits per heavy atom.